The number of ether oxygens (including phenoxy) is 1. The van der Waals surface area contributed by atoms with Crippen molar-refractivity contribution in [1.82, 2.24) is 19.3 Å². The fraction of sp³-hybridized carbons (Fsp3) is 0.250. The zero-order valence-electron chi connectivity index (χ0n) is 18.0. The lowest BCUT2D eigenvalue weighted by Gasteiger charge is -2.20. The molecule has 166 valence electrons. The number of hydrogen-bond acceptors (Lipinski definition) is 5. The molecule has 3 aromatic carbocycles. The van der Waals surface area contributed by atoms with Crippen molar-refractivity contribution in [2.45, 2.75) is 26.6 Å². The highest BCUT2D eigenvalue weighted by atomic mass is 32.2. The molecule has 0 saturated heterocycles. The van der Waals surface area contributed by atoms with Crippen LogP contribution in [0, 0.1) is 0 Å². The molecule has 0 aliphatic heterocycles. The van der Waals surface area contributed by atoms with Gasteiger partial charge in [0.05, 0.1) is 17.8 Å². The molecule has 0 saturated carbocycles. The van der Waals surface area contributed by atoms with Crippen molar-refractivity contribution in [2.75, 3.05) is 12.3 Å². The van der Waals surface area contributed by atoms with Crippen LogP contribution in [0.4, 0.5) is 0 Å². The maximum atomic E-state index is 13.0. The highest BCUT2D eigenvalue weighted by molar-refractivity contribution is 7.89. The number of hydrogen-bond donors (Lipinski definition) is 0. The number of fused-ring (bicyclic) bond motifs is 1. The molecule has 0 unspecified atom stereocenters. The van der Waals surface area contributed by atoms with Crippen LogP contribution in [-0.4, -0.2) is 40.0 Å². The maximum Gasteiger partial charge on any atom is 0.216 e. The van der Waals surface area contributed by atoms with E-state index in [2.05, 4.69) is 10.3 Å². The molecule has 0 radical (unpaired) electrons. The zero-order valence-corrected chi connectivity index (χ0v) is 18.8. The summed E-state index contributed by atoms with van der Waals surface area (Å²) < 4.78 is 34.9. The van der Waals surface area contributed by atoms with E-state index in [-0.39, 0.29) is 12.3 Å². The second-order valence-corrected chi connectivity index (χ2v) is 9.55. The Morgan fingerprint density at radius 3 is 2.38 bits per heavy atom. The Kier molecular flexibility index (Phi) is 6.82. The molecule has 1 heterocycles. The van der Waals surface area contributed by atoms with Gasteiger partial charge in [-0.1, -0.05) is 66.7 Å². The van der Waals surface area contributed by atoms with Gasteiger partial charge in [-0.2, -0.15) is 4.31 Å². The average molecular weight is 451 g/mol. The van der Waals surface area contributed by atoms with Crippen LogP contribution in [0.1, 0.15) is 18.1 Å². The van der Waals surface area contributed by atoms with E-state index in [0.29, 0.717) is 19.7 Å². The number of para-hydroxylation sites is 1. The first-order valence-electron chi connectivity index (χ1n) is 10.6. The summed E-state index contributed by atoms with van der Waals surface area (Å²) in [4.78, 5) is 0. The smallest absolute Gasteiger partial charge is 0.216 e. The summed E-state index contributed by atoms with van der Waals surface area (Å²) in [6.45, 7) is 3.31. The Morgan fingerprint density at radius 2 is 1.62 bits per heavy atom. The average Bonchev–Trinajstić information content (AvgIpc) is 3.24. The first-order chi connectivity index (χ1) is 15.5. The minimum Gasteiger partial charge on any atom is -0.489 e. The molecule has 0 spiro atoms. The van der Waals surface area contributed by atoms with Gasteiger partial charge in [0.1, 0.15) is 17.9 Å². The molecule has 4 rings (SSSR count). The third-order valence-corrected chi connectivity index (χ3v) is 7.13. The molecule has 8 heteroatoms. The summed E-state index contributed by atoms with van der Waals surface area (Å²) in [7, 11) is -3.46. The molecular formula is C24H26N4O3S. The van der Waals surface area contributed by atoms with Gasteiger partial charge in [0.2, 0.25) is 10.0 Å². The summed E-state index contributed by atoms with van der Waals surface area (Å²) >= 11 is 0. The van der Waals surface area contributed by atoms with E-state index in [4.69, 9.17) is 4.74 Å². The monoisotopic (exact) mass is 450 g/mol. The van der Waals surface area contributed by atoms with Crippen molar-refractivity contribution in [3.8, 4) is 5.75 Å². The van der Waals surface area contributed by atoms with Gasteiger partial charge in [-0.25, -0.2) is 13.1 Å². The van der Waals surface area contributed by atoms with E-state index in [1.165, 1.54) is 4.31 Å². The van der Waals surface area contributed by atoms with Crippen LogP contribution in [0.5, 0.6) is 5.75 Å². The molecule has 7 nitrogen and oxygen atoms in total. The summed E-state index contributed by atoms with van der Waals surface area (Å²) in [5.74, 6) is 0.716. The highest BCUT2D eigenvalue weighted by Gasteiger charge is 2.21. The fourth-order valence-electron chi connectivity index (χ4n) is 3.46. The van der Waals surface area contributed by atoms with E-state index >= 15 is 0 Å². The molecule has 0 atom stereocenters. The van der Waals surface area contributed by atoms with Crippen LogP contribution >= 0.6 is 0 Å². The number of benzene rings is 3. The minimum atomic E-state index is -3.46. The third kappa shape index (κ3) is 5.33. The van der Waals surface area contributed by atoms with Crippen molar-refractivity contribution in [2.24, 2.45) is 0 Å². The van der Waals surface area contributed by atoms with Gasteiger partial charge in [0.15, 0.2) is 0 Å². The number of aromatic nitrogens is 3. The van der Waals surface area contributed by atoms with E-state index in [1.807, 2.05) is 85.8 Å². The molecule has 4 aromatic rings. The van der Waals surface area contributed by atoms with Crippen molar-refractivity contribution < 1.29 is 13.2 Å². The van der Waals surface area contributed by atoms with Crippen LogP contribution in [0.25, 0.3) is 11.0 Å². The van der Waals surface area contributed by atoms with Gasteiger partial charge in [0, 0.05) is 13.1 Å². The Morgan fingerprint density at radius 1 is 0.906 bits per heavy atom. The molecule has 0 aliphatic carbocycles. The van der Waals surface area contributed by atoms with Crippen LogP contribution in [0.2, 0.25) is 0 Å². The first-order valence-corrected chi connectivity index (χ1v) is 12.2. The number of rotatable bonds is 10. The second kappa shape index (κ2) is 9.93. The van der Waals surface area contributed by atoms with Crippen molar-refractivity contribution in [1.29, 1.82) is 0 Å². The van der Waals surface area contributed by atoms with Crippen molar-refractivity contribution in [3.63, 3.8) is 0 Å². The fourth-order valence-corrected chi connectivity index (χ4v) is 4.86. The van der Waals surface area contributed by atoms with Crippen LogP contribution < -0.4 is 4.74 Å². The third-order valence-electron chi connectivity index (χ3n) is 5.26. The Hall–Kier alpha value is -3.23. The Labute approximate surface area is 188 Å². The predicted octanol–water partition coefficient (Wildman–Crippen LogP) is 3.86. The van der Waals surface area contributed by atoms with Crippen LogP contribution in [-0.2, 0) is 29.7 Å². The standard InChI is InChI=1S/C24H26N4O3S/c1-2-27(32(29,30)17-16-28-24-11-7-6-10-23(24)25-26-28)18-20-12-14-22(15-13-20)31-19-21-8-4-3-5-9-21/h3-15H,2,16-19H2,1H3. The number of nitrogens with zero attached hydrogens (tertiary/aromatic N) is 4. The first kappa shape index (κ1) is 22.0. The lowest BCUT2D eigenvalue weighted by molar-refractivity contribution is 0.306. The normalized spacial score (nSPS) is 11.8. The summed E-state index contributed by atoms with van der Waals surface area (Å²) in [5, 5.41) is 8.17. The van der Waals surface area contributed by atoms with E-state index < -0.39 is 10.0 Å². The molecule has 1 aromatic heterocycles. The molecular weight excluding hydrogens is 424 g/mol. The van der Waals surface area contributed by atoms with Gasteiger partial charge in [-0.3, -0.25) is 0 Å². The summed E-state index contributed by atoms with van der Waals surface area (Å²) in [6, 6.07) is 25.0. The molecule has 0 bridgehead atoms. The van der Waals surface area contributed by atoms with E-state index in [1.54, 1.807) is 4.68 Å². The van der Waals surface area contributed by atoms with Crippen molar-refractivity contribution >= 4 is 21.1 Å². The van der Waals surface area contributed by atoms with Crippen LogP contribution in [0.15, 0.2) is 78.9 Å². The highest BCUT2D eigenvalue weighted by Crippen LogP contribution is 2.17. The minimum absolute atomic E-state index is 0.0353. The number of sulfonamides is 1. The SMILES string of the molecule is CCN(Cc1ccc(OCc2ccccc2)cc1)S(=O)(=O)CCn1nnc2ccccc21. The van der Waals surface area contributed by atoms with Gasteiger partial charge >= 0.3 is 0 Å². The second-order valence-electron chi connectivity index (χ2n) is 7.46. The largest absolute Gasteiger partial charge is 0.489 e. The topological polar surface area (TPSA) is 77.3 Å². The molecule has 0 N–H and O–H groups in total. The predicted molar refractivity (Wildman–Crippen MR) is 125 cm³/mol. The van der Waals surface area contributed by atoms with Gasteiger partial charge in [0.25, 0.3) is 0 Å². The zero-order chi connectivity index (χ0) is 22.4. The molecule has 0 amide bonds. The molecule has 32 heavy (non-hydrogen) atoms. The summed E-state index contributed by atoms with van der Waals surface area (Å²) in [6.07, 6.45) is 0. The van der Waals surface area contributed by atoms with Gasteiger partial charge in [-0.15, -0.1) is 5.10 Å². The molecule has 0 fully saturated rings. The number of aryl methyl sites for hydroxylation is 1. The lowest BCUT2D eigenvalue weighted by atomic mass is 10.2. The lowest BCUT2D eigenvalue weighted by Crippen LogP contribution is -2.33. The van der Waals surface area contributed by atoms with Gasteiger partial charge in [-0.05, 0) is 35.4 Å². The quantitative estimate of drug-likeness (QED) is 0.367. The van der Waals surface area contributed by atoms with Gasteiger partial charge < -0.3 is 4.74 Å². The molecule has 0 aliphatic rings. The van der Waals surface area contributed by atoms with Crippen molar-refractivity contribution in [3.05, 3.63) is 90.0 Å². The maximum absolute atomic E-state index is 13.0. The Bertz CT molecular complexity index is 1260. The Balaban J connectivity index is 1.36. The van der Waals surface area contributed by atoms with Crippen LogP contribution in [0.3, 0.4) is 0 Å². The van der Waals surface area contributed by atoms with E-state index in [9.17, 15) is 8.42 Å². The van der Waals surface area contributed by atoms with E-state index in [0.717, 1.165) is 27.9 Å². The summed E-state index contributed by atoms with van der Waals surface area (Å²) in [5.41, 5.74) is 3.59.